The summed E-state index contributed by atoms with van der Waals surface area (Å²) >= 11 is 0. The molecule has 1 heterocycles. The molecule has 2 rings (SSSR count). The summed E-state index contributed by atoms with van der Waals surface area (Å²) in [6.07, 6.45) is -4.86. The van der Waals surface area contributed by atoms with Gasteiger partial charge in [0.1, 0.15) is 0 Å². The van der Waals surface area contributed by atoms with Crippen LogP contribution in [0, 0.1) is 0 Å². The van der Waals surface area contributed by atoms with E-state index in [1.807, 2.05) is 12.1 Å². The van der Waals surface area contributed by atoms with Crippen LogP contribution in [0.4, 0.5) is 13.2 Å². The molecule has 1 fully saturated rings. The summed E-state index contributed by atoms with van der Waals surface area (Å²) < 4.78 is 58.8. The molecule has 0 spiro atoms. The maximum Gasteiger partial charge on any atom is 0.490 e. The number of nitrogens with one attached hydrogen (secondary N) is 1. The fourth-order valence-corrected chi connectivity index (χ4v) is 4.36. The molecule has 1 saturated heterocycles. The van der Waals surface area contributed by atoms with E-state index in [9.17, 15) is 26.4 Å². The van der Waals surface area contributed by atoms with Crippen molar-refractivity contribution in [3.8, 4) is 0 Å². The predicted octanol–water partition coefficient (Wildman–Crippen LogP) is 2.28. The van der Waals surface area contributed by atoms with Crippen LogP contribution in [0.5, 0.6) is 0 Å². The van der Waals surface area contributed by atoms with Gasteiger partial charge in [0.2, 0.25) is 15.9 Å². The molecule has 0 unspecified atom stereocenters. The SMILES string of the molecule is CCN(CCC(=O)N1CCNCC1)S(=O)(=O)c1ccc(C(C)C)cc1.O=C(O)C(F)(F)F. The van der Waals surface area contributed by atoms with Crippen LogP contribution < -0.4 is 5.32 Å². The van der Waals surface area contributed by atoms with Gasteiger partial charge in [-0.25, -0.2) is 13.2 Å². The Kier molecular flexibility index (Phi) is 10.6. The molecule has 2 N–H and O–H groups in total. The summed E-state index contributed by atoms with van der Waals surface area (Å²) in [5.41, 5.74) is 1.11. The van der Waals surface area contributed by atoms with Crippen molar-refractivity contribution in [3.05, 3.63) is 29.8 Å². The van der Waals surface area contributed by atoms with Crippen molar-refractivity contribution in [3.63, 3.8) is 0 Å². The number of hydrogen-bond donors (Lipinski definition) is 2. The lowest BCUT2D eigenvalue weighted by Gasteiger charge is -2.28. The van der Waals surface area contributed by atoms with Gasteiger partial charge in [-0.05, 0) is 23.6 Å². The van der Waals surface area contributed by atoms with Crippen molar-refractivity contribution in [2.75, 3.05) is 39.3 Å². The van der Waals surface area contributed by atoms with Crippen molar-refractivity contribution in [2.24, 2.45) is 0 Å². The second-order valence-electron chi connectivity index (χ2n) is 7.40. The molecule has 0 bridgehead atoms. The van der Waals surface area contributed by atoms with Crippen molar-refractivity contribution in [2.45, 2.75) is 44.2 Å². The van der Waals surface area contributed by atoms with Gasteiger partial charge < -0.3 is 15.3 Å². The predicted molar refractivity (Wildman–Crippen MR) is 113 cm³/mol. The Morgan fingerprint density at radius 2 is 1.66 bits per heavy atom. The van der Waals surface area contributed by atoms with Crippen molar-refractivity contribution < 1.29 is 36.3 Å². The third-order valence-corrected chi connectivity index (χ3v) is 6.81. The zero-order valence-corrected chi connectivity index (χ0v) is 19.2. The molecule has 1 aromatic carbocycles. The molecule has 1 amide bonds. The van der Waals surface area contributed by atoms with Gasteiger partial charge in [0, 0.05) is 45.7 Å². The average molecular weight is 482 g/mol. The summed E-state index contributed by atoms with van der Waals surface area (Å²) in [6.45, 7) is 9.48. The largest absolute Gasteiger partial charge is 0.490 e. The molecule has 0 aromatic heterocycles. The number of sulfonamides is 1. The number of carbonyl (C=O) groups is 2. The first-order chi connectivity index (χ1) is 14.8. The van der Waals surface area contributed by atoms with E-state index in [0.717, 1.165) is 18.7 Å². The Labute approximate surface area is 186 Å². The van der Waals surface area contributed by atoms with Gasteiger partial charge in [-0.2, -0.15) is 17.5 Å². The molecule has 1 aliphatic heterocycles. The first-order valence-corrected chi connectivity index (χ1v) is 11.6. The number of amides is 1. The second-order valence-corrected chi connectivity index (χ2v) is 9.34. The summed E-state index contributed by atoms with van der Waals surface area (Å²) in [5.74, 6) is -2.38. The highest BCUT2D eigenvalue weighted by Gasteiger charge is 2.38. The van der Waals surface area contributed by atoms with Crippen LogP contribution in [0.15, 0.2) is 29.2 Å². The number of aliphatic carboxylic acids is 1. The normalized spacial score (nSPS) is 14.8. The number of halogens is 3. The Hall–Kier alpha value is -2.18. The molecule has 8 nitrogen and oxygen atoms in total. The number of rotatable bonds is 7. The molecular weight excluding hydrogens is 451 g/mol. The van der Waals surface area contributed by atoms with Gasteiger partial charge >= 0.3 is 12.1 Å². The number of nitrogens with zero attached hydrogens (tertiary/aromatic N) is 2. The molecule has 1 aromatic rings. The molecule has 32 heavy (non-hydrogen) atoms. The number of carbonyl (C=O) groups excluding carboxylic acids is 1. The Bertz CT molecular complexity index is 852. The number of hydrogen-bond acceptors (Lipinski definition) is 5. The molecule has 182 valence electrons. The number of benzene rings is 1. The van der Waals surface area contributed by atoms with Crippen molar-refractivity contribution in [1.82, 2.24) is 14.5 Å². The van der Waals surface area contributed by atoms with Crippen molar-refractivity contribution >= 4 is 21.9 Å². The molecule has 0 atom stereocenters. The van der Waals surface area contributed by atoms with Crippen LogP contribution in [0.2, 0.25) is 0 Å². The van der Waals surface area contributed by atoms with Crippen LogP contribution >= 0.6 is 0 Å². The van der Waals surface area contributed by atoms with E-state index >= 15 is 0 Å². The number of carboxylic acid groups (broad SMARTS) is 1. The summed E-state index contributed by atoms with van der Waals surface area (Å²) in [4.78, 5) is 23.3. The summed E-state index contributed by atoms with van der Waals surface area (Å²) in [6, 6.07) is 7.03. The van der Waals surface area contributed by atoms with Crippen molar-refractivity contribution in [1.29, 1.82) is 0 Å². The first-order valence-electron chi connectivity index (χ1n) is 10.2. The minimum absolute atomic E-state index is 0.0188. The molecule has 0 aliphatic carbocycles. The third kappa shape index (κ3) is 8.40. The zero-order chi connectivity index (χ0) is 24.5. The summed E-state index contributed by atoms with van der Waals surface area (Å²) in [5, 5.41) is 10.3. The van der Waals surface area contributed by atoms with Gasteiger partial charge in [0.25, 0.3) is 0 Å². The van der Waals surface area contributed by atoms with Gasteiger partial charge in [0.15, 0.2) is 0 Å². The Morgan fingerprint density at radius 3 is 2.06 bits per heavy atom. The van der Waals surface area contributed by atoms with Crippen LogP contribution in [0.1, 0.15) is 38.7 Å². The second kappa shape index (κ2) is 12.2. The van der Waals surface area contributed by atoms with E-state index in [1.54, 1.807) is 24.0 Å². The van der Waals surface area contributed by atoms with Crippen LogP contribution in [-0.4, -0.2) is 80.1 Å². The van der Waals surface area contributed by atoms with E-state index in [1.165, 1.54) is 4.31 Å². The third-order valence-electron chi connectivity index (χ3n) is 4.82. The van der Waals surface area contributed by atoms with Crippen LogP contribution in [-0.2, 0) is 19.6 Å². The molecule has 0 radical (unpaired) electrons. The minimum atomic E-state index is -5.08. The highest BCUT2D eigenvalue weighted by atomic mass is 32.2. The highest BCUT2D eigenvalue weighted by molar-refractivity contribution is 7.89. The van der Waals surface area contributed by atoms with E-state index < -0.39 is 22.2 Å². The van der Waals surface area contributed by atoms with Gasteiger partial charge in [0.05, 0.1) is 4.90 Å². The number of piperazine rings is 1. The quantitative estimate of drug-likeness (QED) is 0.619. The number of alkyl halides is 3. The monoisotopic (exact) mass is 481 g/mol. The highest BCUT2D eigenvalue weighted by Crippen LogP contribution is 2.20. The van der Waals surface area contributed by atoms with Gasteiger partial charge in [-0.3, -0.25) is 4.79 Å². The molecule has 1 aliphatic rings. The number of carboxylic acids is 1. The fraction of sp³-hybridized carbons (Fsp3) is 0.600. The van der Waals surface area contributed by atoms with Gasteiger partial charge in [-0.1, -0.05) is 32.9 Å². The Balaban J connectivity index is 0.000000633. The minimum Gasteiger partial charge on any atom is -0.475 e. The molecular formula is C20H30F3N3O5S. The standard InChI is InChI=1S/C18H29N3O3S.C2HF3O2/c1-4-21(12-9-18(22)20-13-10-19-11-14-20)25(23,24)17-7-5-16(6-8-17)15(2)3;3-2(4,5)1(6)7/h5-8,15,19H,4,9-14H2,1-3H3;(H,6,7). The topological polar surface area (TPSA) is 107 Å². The van der Waals surface area contributed by atoms with Crippen LogP contribution in [0.25, 0.3) is 0 Å². The average Bonchev–Trinajstić information content (AvgIpc) is 2.74. The zero-order valence-electron chi connectivity index (χ0n) is 18.4. The lowest BCUT2D eigenvalue weighted by atomic mass is 10.0. The molecule has 12 heteroatoms. The van der Waals surface area contributed by atoms with E-state index in [4.69, 9.17) is 9.90 Å². The molecule has 0 saturated carbocycles. The smallest absolute Gasteiger partial charge is 0.475 e. The first kappa shape index (κ1) is 27.9. The lowest BCUT2D eigenvalue weighted by molar-refractivity contribution is -0.192. The lowest BCUT2D eigenvalue weighted by Crippen LogP contribution is -2.47. The van der Waals surface area contributed by atoms with Gasteiger partial charge in [-0.15, -0.1) is 0 Å². The Morgan fingerprint density at radius 1 is 1.16 bits per heavy atom. The fourth-order valence-electron chi connectivity index (χ4n) is 2.91. The maximum atomic E-state index is 12.8. The maximum absolute atomic E-state index is 12.8. The van der Waals surface area contributed by atoms with E-state index in [-0.39, 0.29) is 23.8 Å². The van der Waals surface area contributed by atoms with E-state index in [2.05, 4.69) is 19.2 Å². The van der Waals surface area contributed by atoms with Crippen LogP contribution in [0.3, 0.4) is 0 Å². The summed E-state index contributed by atoms with van der Waals surface area (Å²) in [7, 11) is -3.57. The van der Waals surface area contributed by atoms with E-state index in [0.29, 0.717) is 25.6 Å².